The van der Waals surface area contributed by atoms with Crippen molar-refractivity contribution >= 4 is 28.2 Å². The van der Waals surface area contributed by atoms with Crippen LogP contribution < -0.4 is 0 Å². The zero-order valence-corrected chi connectivity index (χ0v) is 16.8. The highest BCUT2D eigenvalue weighted by molar-refractivity contribution is 8.23. The fourth-order valence-electron chi connectivity index (χ4n) is 2.46. The monoisotopic (exact) mass is 359 g/mol. The van der Waals surface area contributed by atoms with Gasteiger partial charge in [0, 0.05) is 22.9 Å². The lowest BCUT2D eigenvalue weighted by Crippen LogP contribution is -2.18. The van der Waals surface area contributed by atoms with Gasteiger partial charge >= 0.3 is 0 Å². The van der Waals surface area contributed by atoms with Crippen LogP contribution in [0.3, 0.4) is 0 Å². The number of thioether (sulfide) groups is 1. The van der Waals surface area contributed by atoms with Crippen molar-refractivity contribution in [2.75, 3.05) is 0 Å². The molecule has 0 aliphatic carbocycles. The van der Waals surface area contributed by atoms with Crippen molar-refractivity contribution in [2.45, 2.75) is 57.4 Å². The van der Waals surface area contributed by atoms with E-state index in [4.69, 9.17) is 12.2 Å². The van der Waals surface area contributed by atoms with Gasteiger partial charge in [-0.05, 0) is 35.1 Å². The Balaban J connectivity index is 2.52. The zero-order valence-electron chi connectivity index (χ0n) is 15.2. The van der Waals surface area contributed by atoms with Crippen LogP contribution in [0.5, 0.6) is 5.75 Å². The smallest absolute Gasteiger partial charge is 0.123 e. The summed E-state index contributed by atoms with van der Waals surface area (Å²) in [6.45, 7) is 12.6. The van der Waals surface area contributed by atoms with E-state index in [1.165, 1.54) is 11.8 Å². The van der Waals surface area contributed by atoms with Crippen molar-refractivity contribution < 1.29 is 5.11 Å². The van der Waals surface area contributed by atoms with Crippen LogP contribution in [0, 0.1) is 0 Å². The molecular formula is C20H25NOS2. The number of benzene rings is 1. The molecule has 0 atom stereocenters. The number of hydrogen-bond acceptors (Lipinski definition) is 4. The van der Waals surface area contributed by atoms with Crippen LogP contribution in [0.25, 0.3) is 0 Å². The van der Waals surface area contributed by atoms with Crippen LogP contribution in [-0.4, -0.2) is 14.3 Å². The van der Waals surface area contributed by atoms with Crippen LogP contribution in [0.1, 0.15) is 58.2 Å². The number of phenolic OH excluding ortho intramolecular Hbond substituents is 1. The molecule has 0 fully saturated rings. The molecule has 2 rings (SSSR count). The largest absolute Gasteiger partial charge is 0.507 e. The van der Waals surface area contributed by atoms with Crippen molar-refractivity contribution in [3.8, 4) is 5.75 Å². The first-order chi connectivity index (χ1) is 11.0. The average molecular weight is 360 g/mol. The molecule has 4 heteroatoms. The van der Waals surface area contributed by atoms with Crippen molar-refractivity contribution in [2.24, 2.45) is 0 Å². The van der Waals surface area contributed by atoms with Crippen molar-refractivity contribution in [1.29, 1.82) is 0 Å². The summed E-state index contributed by atoms with van der Waals surface area (Å²) in [6, 6.07) is 9.83. The Labute approximate surface area is 154 Å². The molecule has 1 N–H and O–H groups in total. The molecule has 24 heavy (non-hydrogen) atoms. The van der Waals surface area contributed by atoms with E-state index in [1.807, 2.05) is 30.3 Å². The first-order valence-electron chi connectivity index (χ1n) is 8.01. The molecule has 0 spiro atoms. The predicted molar refractivity (Wildman–Crippen MR) is 107 cm³/mol. The second-order valence-corrected chi connectivity index (χ2v) is 9.67. The normalized spacial score (nSPS) is 12.2. The highest BCUT2D eigenvalue weighted by Gasteiger charge is 2.27. The maximum Gasteiger partial charge on any atom is 0.123 e. The second-order valence-electron chi connectivity index (χ2n) is 7.98. The molecule has 1 aromatic heterocycles. The maximum atomic E-state index is 10.8. The number of aromatic hydroxyl groups is 1. The topological polar surface area (TPSA) is 33.1 Å². The third kappa shape index (κ3) is 4.37. The summed E-state index contributed by atoms with van der Waals surface area (Å²) >= 11 is 7.13. The van der Waals surface area contributed by atoms with Gasteiger partial charge in [-0.15, -0.1) is 0 Å². The minimum Gasteiger partial charge on any atom is -0.507 e. The van der Waals surface area contributed by atoms with E-state index in [0.717, 1.165) is 25.9 Å². The zero-order chi connectivity index (χ0) is 18.1. The summed E-state index contributed by atoms with van der Waals surface area (Å²) in [5.74, 6) is 0.379. The maximum absolute atomic E-state index is 10.8. The molecule has 0 unspecified atom stereocenters. The Morgan fingerprint density at radius 3 is 1.96 bits per heavy atom. The summed E-state index contributed by atoms with van der Waals surface area (Å²) in [6.07, 6.45) is 1.77. The van der Waals surface area contributed by atoms with Gasteiger partial charge in [0.2, 0.25) is 0 Å². The standard InChI is InChI=1S/C20H25NOS2/c1-19(2,3)14-11-13(12-15(17(14)22)20(4,5)6)18(23)24-16-9-7-8-10-21-16/h7-12,22H,1-6H3. The number of phenols is 1. The Hall–Kier alpha value is -1.39. The van der Waals surface area contributed by atoms with Crippen LogP contribution in [0.15, 0.2) is 41.6 Å². The Morgan fingerprint density at radius 1 is 1.00 bits per heavy atom. The molecule has 0 bridgehead atoms. The van der Waals surface area contributed by atoms with Crippen LogP contribution in [-0.2, 0) is 10.8 Å². The number of pyridine rings is 1. The van der Waals surface area contributed by atoms with Gasteiger partial charge in [0.05, 0.1) is 4.20 Å². The molecule has 0 radical (unpaired) electrons. The van der Waals surface area contributed by atoms with Gasteiger partial charge in [0.15, 0.2) is 0 Å². The molecule has 0 amide bonds. The van der Waals surface area contributed by atoms with Crippen molar-refractivity contribution in [1.82, 2.24) is 4.98 Å². The lowest BCUT2D eigenvalue weighted by molar-refractivity contribution is 0.423. The van der Waals surface area contributed by atoms with E-state index in [9.17, 15) is 5.11 Å². The Bertz CT molecular complexity index is 705. The third-order valence-electron chi connectivity index (χ3n) is 3.80. The average Bonchev–Trinajstić information content (AvgIpc) is 2.46. The van der Waals surface area contributed by atoms with E-state index >= 15 is 0 Å². The van der Waals surface area contributed by atoms with E-state index < -0.39 is 0 Å². The Morgan fingerprint density at radius 2 is 1.54 bits per heavy atom. The highest BCUT2D eigenvalue weighted by atomic mass is 32.2. The molecule has 0 saturated carbocycles. The Kier molecular flexibility index (Phi) is 5.41. The summed E-state index contributed by atoms with van der Waals surface area (Å²) < 4.78 is 0.768. The highest BCUT2D eigenvalue weighted by Crippen LogP contribution is 2.40. The van der Waals surface area contributed by atoms with E-state index in [1.54, 1.807) is 6.20 Å². The number of hydrogen-bond donors (Lipinski definition) is 1. The summed E-state index contributed by atoms with van der Waals surface area (Å²) in [7, 11) is 0. The van der Waals surface area contributed by atoms with E-state index in [2.05, 4.69) is 46.5 Å². The minimum atomic E-state index is -0.161. The fraction of sp³-hybridized carbons (Fsp3) is 0.400. The minimum absolute atomic E-state index is 0.161. The molecule has 2 nitrogen and oxygen atoms in total. The van der Waals surface area contributed by atoms with Gasteiger partial charge < -0.3 is 5.11 Å². The molecular weight excluding hydrogens is 334 g/mol. The van der Waals surface area contributed by atoms with Crippen molar-refractivity contribution in [3.05, 3.63) is 53.2 Å². The first-order valence-corrected chi connectivity index (χ1v) is 9.24. The molecule has 0 aliphatic rings. The van der Waals surface area contributed by atoms with Gasteiger partial charge in [0.25, 0.3) is 0 Å². The second kappa shape index (κ2) is 6.85. The molecule has 1 aromatic carbocycles. The first kappa shape index (κ1) is 18.9. The van der Waals surface area contributed by atoms with Crippen LogP contribution in [0.4, 0.5) is 0 Å². The van der Waals surface area contributed by atoms with Gasteiger partial charge in [-0.2, -0.15) is 0 Å². The number of nitrogens with zero attached hydrogens (tertiary/aromatic N) is 1. The molecule has 1 heterocycles. The van der Waals surface area contributed by atoms with E-state index in [-0.39, 0.29) is 10.8 Å². The molecule has 0 aliphatic heterocycles. The van der Waals surface area contributed by atoms with E-state index in [0.29, 0.717) is 5.75 Å². The lowest BCUT2D eigenvalue weighted by atomic mass is 9.78. The van der Waals surface area contributed by atoms with Crippen molar-refractivity contribution in [3.63, 3.8) is 0 Å². The third-order valence-corrected chi connectivity index (χ3v) is 5.15. The van der Waals surface area contributed by atoms with Gasteiger partial charge in [0.1, 0.15) is 10.8 Å². The van der Waals surface area contributed by atoms with Gasteiger partial charge in [-0.1, -0.05) is 71.6 Å². The fourth-order valence-corrected chi connectivity index (χ4v) is 3.52. The molecule has 2 aromatic rings. The van der Waals surface area contributed by atoms with Gasteiger partial charge in [-0.25, -0.2) is 4.98 Å². The number of rotatable bonds is 2. The summed E-state index contributed by atoms with van der Waals surface area (Å²) in [5, 5.41) is 11.7. The number of thiocarbonyl (C=S) groups is 1. The SMILES string of the molecule is CC(C)(C)c1cc(C(=S)Sc2ccccn2)cc(C(C)(C)C)c1O. The van der Waals surface area contributed by atoms with Crippen LogP contribution in [0.2, 0.25) is 0 Å². The number of aromatic nitrogens is 1. The summed E-state index contributed by atoms with van der Waals surface area (Å²) in [4.78, 5) is 4.33. The summed E-state index contributed by atoms with van der Waals surface area (Å²) in [5.41, 5.74) is 2.49. The van der Waals surface area contributed by atoms with Crippen LogP contribution >= 0.6 is 24.0 Å². The lowest BCUT2D eigenvalue weighted by Gasteiger charge is -2.28. The molecule has 128 valence electrons. The quantitative estimate of drug-likeness (QED) is 0.538. The predicted octanol–water partition coefficient (Wildman–Crippen LogP) is 5.85. The molecule has 0 saturated heterocycles. The van der Waals surface area contributed by atoms with Gasteiger partial charge in [-0.3, -0.25) is 0 Å².